The van der Waals surface area contributed by atoms with Crippen LogP contribution in [0.2, 0.25) is 0 Å². The first-order valence-corrected chi connectivity index (χ1v) is 13.9. The molecule has 37 heavy (non-hydrogen) atoms. The molecule has 1 aliphatic carbocycles. The van der Waals surface area contributed by atoms with Crippen molar-refractivity contribution in [1.82, 2.24) is 10.2 Å². The van der Waals surface area contributed by atoms with Crippen molar-refractivity contribution in [3.8, 4) is 0 Å². The molecule has 2 aromatic carbocycles. The first kappa shape index (κ1) is 28.4. The number of amides is 2. The zero-order valence-electron chi connectivity index (χ0n) is 22.2. The lowest BCUT2D eigenvalue weighted by Crippen LogP contribution is -2.52. The second-order valence-electron chi connectivity index (χ2n) is 9.92. The molecule has 3 rings (SSSR count). The summed E-state index contributed by atoms with van der Waals surface area (Å²) in [5.41, 5.74) is 2.04. The van der Waals surface area contributed by atoms with Gasteiger partial charge in [0, 0.05) is 31.8 Å². The third-order valence-electron chi connectivity index (χ3n) is 7.00. The van der Waals surface area contributed by atoms with Gasteiger partial charge in [-0.25, -0.2) is 0 Å². The molecule has 1 aliphatic rings. The summed E-state index contributed by atoms with van der Waals surface area (Å²) in [6.07, 6.45) is 8.80. The number of benzene rings is 2. The van der Waals surface area contributed by atoms with Gasteiger partial charge >= 0.3 is 5.97 Å². The zero-order valence-corrected chi connectivity index (χ0v) is 22.2. The molecule has 0 aliphatic heterocycles. The third-order valence-corrected chi connectivity index (χ3v) is 7.00. The minimum absolute atomic E-state index is 0.0280. The van der Waals surface area contributed by atoms with Crippen LogP contribution >= 0.6 is 0 Å². The average molecular weight is 507 g/mol. The molecule has 0 saturated heterocycles. The van der Waals surface area contributed by atoms with Crippen molar-refractivity contribution in [2.24, 2.45) is 0 Å². The third kappa shape index (κ3) is 10.0. The van der Waals surface area contributed by atoms with E-state index in [0.29, 0.717) is 45.3 Å². The molecule has 0 aromatic heterocycles. The fourth-order valence-electron chi connectivity index (χ4n) is 4.98. The van der Waals surface area contributed by atoms with E-state index in [1.807, 2.05) is 60.7 Å². The highest BCUT2D eigenvalue weighted by atomic mass is 16.5. The van der Waals surface area contributed by atoms with Crippen LogP contribution in [0.4, 0.5) is 0 Å². The summed E-state index contributed by atoms with van der Waals surface area (Å²) in [6, 6.07) is 19.4. The van der Waals surface area contributed by atoms with Crippen molar-refractivity contribution in [3.05, 3.63) is 71.8 Å². The van der Waals surface area contributed by atoms with E-state index >= 15 is 0 Å². The summed E-state index contributed by atoms with van der Waals surface area (Å²) in [4.78, 5) is 40.7. The second-order valence-corrected chi connectivity index (χ2v) is 9.92. The van der Waals surface area contributed by atoms with E-state index in [-0.39, 0.29) is 23.8 Å². The normalized spacial score (nSPS) is 14.5. The Balaban J connectivity index is 1.74. The van der Waals surface area contributed by atoms with Gasteiger partial charge in [0.15, 0.2) is 0 Å². The summed E-state index contributed by atoms with van der Waals surface area (Å²) in [6.45, 7) is 2.57. The van der Waals surface area contributed by atoms with E-state index in [2.05, 4.69) is 5.32 Å². The fraction of sp³-hybridized carbons (Fsp3) is 0.516. The number of carbonyl (C=O) groups excluding carboxylic acids is 3. The van der Waals surface area contributed by atoms with E-state index in [4.69, 9.17) is 4.74 Å². The maximum absolute atomic E-state index is 13.7. The summed E-state index contributed by atoms with van der Waals surface area (Å²) < 4.78 is 4.99. The molecule has 0 heterocycles. The zero-order chi connectivity index (χ0) is 26.3. The number of hydrogen-bond donors (Lipinski definition) is 1. The lowest BCUT2D eigenvalue weighted by atomic mass is 9.94. The summed E-state index contributed by atoms with van der Waals surface area (Å²) in [5.74, 6) is -0.288. The van der Waals surface area contributed by atoms with Gasteiger partial charge in [0.25, 0.3) is 0 Å². The monoisotopic (exact) mass is 506 g/mol. The molecule has 6 nitrogen and oxygen atoms in total. The van der Waals surface area contributed by atoms with E-state index in [1.54, 1.807) is 11.8 Å². The van der Waals surface area contributed by atoms with Gasteiger partial charge in [0.05, 0.1) is 6.61 Å². The summed E-state index contributed by atoms with van der Waals surface area (Å²) >= 11 is 0. The topological polar surface area (TPSA) is 75.7 Å². The van der Waals surface area contributed by atoms with Crippen molar-refractivity contribution >= 4 is 17.8 Å². The Labute approximate surface area is 221 Å². The number of ether oxygens (including phenoxy) is 1. The van der Waals surface area contributed by atoms with Crippen molar-refractivity contribution in [1.29, 1.82) is 0 Å². The Hall–Kier alpha value is -3.15. The Morgan fingerprint density at radius 3 is 2.14 bits per heavy atom. The van der Waals surface area contributed by atoms with Gasteiger partial charge in [-0.2, -0.15) is 0 Å². The SMILES string of the molecule is CCOC(=O)CCCCCC(=O)N(Cc1ccccc1)C(Cc1ccccc1)C(=O)NC1CCCCC1. The molecule has 1 atom stereocenters. The van der Waals surface area contributed by atoms with Crippen molar-refractivity contribution in [3.63, 3.8) is 0 Å². The molecule has 1 fully saturated rings. The molecule has 1 saturated carbocycles. The van der Waals surface area contributed by atoms with E-state index < -0.39 is 6.04 Å². The van der Waals surface area contributed by atoms with E-state index in [0.717, 1.165) is 43.2 Å². The number of carbonyl (C=O) groups is 3. The van der Waals surface area contributed by atoms with Crippen molar-refractivity contribution in [2.75, 3.05) is 6.61 Å². The highest BCUT2D eigenvalue weighted by Gasteiger charge is 2.31. The van der Waals surface area contributed by atoms with Crippen LogP contribution in [0.15, 0.2) is 60.7 Å². The average Bonchev–Trinajstić information content (AvgIpc) is 2.92. The lowest BCUT2D eigenvalue weighted by molar-refractivity contribution is -0.143. The Bertz CT molecular complexity index is 958. The van der Waals surface area contributed by atoms with Gasteiger partial charge in [-0.1, -0.05) is 86.3 Å². The van der Waals surface area contributed by atoms with Crippen LogP contribution < -0.4 is 5.32 Å². The lowest BCUT2D eigenvalue weighted by Gasteiger charge is -2.33. The molecular weight excluding hydrogens is 464 g/mol. The van der Waals surface area contributed by atoms with Crippen molar-refractivity contribution < 1.29 is 19.1 Å². The minimum Gasteiger partial charge on any atom is -0.466 e. The molecule has 0 spiro atoms. The van der Waals surface area contributed by atoms with Crippen LogP contribution in [-0.2, 0) is 32.1 Å². The smallest absolute Gasteiger partial charge is 0.305 e. The molecule has 0 bridgehead atoms. The molecule has 0 radical (unpaired) electrons. The van der Waals surface area contributed by atoms with Gasteiger partial charge in [0.1, 0.15) is 6.04 Å². The summed E-state index contributed by atoms with van der Waals surface area (Å²) in [7, 11) is 0. The van der Waals surface area contributed by atoms with Crippen LogP contribution in [-0.4, -0.2) is 41.4 Å². The molecule has 1 N–H and O–H groups in total. The van der Waals surface area contributed by atoms with Crippen LogP contribution in [0.1, 0.15) is 82.3 Å². The second kappa shape index (κ2) is 15.9. The molecule has 2 aromatic rings. The Morgan fingerprint density at radius 1 is 0.865 bits per heavy atom. The molecule has 6 heteroatoms. The maximum Gasteiger partial charge on any atom is 0.305 e. The number of nitrogens with one attached hydrogen (secondary N) is 1. The fourth-order valence-corrected chi connectivity index (χ4v) is 4.98. The van der Waals surface area contributed by atoms with Crippen LogP contribution in [0, 0.1) is 0 Å². The first-order chi connectivity index (χ1) is 18.1. The van der Waals surface area contributed by atoms with Gasteiger partial charge < -0.3 is 15.0 Å². The Morgan fingerprint density at radius 2 is 1.49 bits per heavy atom. The molecule has 1 unspecified atom stereocenters. The Kier molecular flexibility index (Phi) is 12.2. The van der Waals surface area contributed by atoms with E-state index in [1.165, 1.54) is 6.42 Å². The molecule has 2 amide bonds. The van der Waals surface area contributed by atoms with Gasteiger partial charge in [-0.05, 0) is 43.7 Å². The quantitative estimate of drug-likeness (QED) is 0.268. The number of rotatable bonds is 14. The predicted octanol–water partition coefficient (Wildman–Crippen LogP) is 5.59. The van der Waals surface area contributed by atoms with Crippen LogP contribution in [0.5, 0.6) is 0 Å². The van der Waals surface area contributed by atoms with Crippen LogP contribution in [0.3, 0.4) is 0 Å². The number of esters is 1. The number of nitrogens with zero attached hydrogens (tertiary/aromatic N) is 1. The maximum atomic E-state index is 13.7. The summed E-state index contributed by atoms with van der Waals surface area (Å²) in [5, 5.41) is 3.28. The standard InChI is InChI=1S/C31H42N2O4/c1-2-37-30(35)22-14-6-13-21-29(34)33(24-26-17-9-4-10-18-26)28(23-25-15-7-3-8-16-25)31(36)32-27-19-11-5-12-20-27/h3-4,7-10,15-18,27-28H,2,5-6,11-14,19-24H2,1H3,(H,32,36). The first-order valence-electron chi connectivity index (χ1n) is 13.9. The van der Waals surface area contributed by atoms with Crippen LogP contribution in [0.25, 0.3) is 0 Å². The van der Waals surface area contributed by atoms with Gasteiger partial charge in [-0.15, -0.1) is 0 Å². The highest BCUT2D eigenvalue weighted by Crippen LogP contribution is 2.20. The van der Waals surface area contributed by atoms with Crippen molar-refractivity contribution in [2.45, 2.75) is 96.2 Å². The van der Waals surface area contributed by atoms with E-state index in [9.17, 15) is 14.4 Å². The van der Waals surface area contributed by atoms with Gasteiger partial charge in [0.2, 0.25) is 11.8 Å². The predicted molar refractivity (Wildman–Crippen MR) is 146 cm³/mol. The highest BCUT2D eigenvalue weighted by molar-refractivity contribution is 5.88. The minimum atomic E-state index is -0.587. The molecular formula is C31H42N2O4. The number of unbranched alkanes of at least 4 members (excludes halogenated alkanes) is 2. The van der Waals surface area contributed by atoms with Gasteiger partial charge in [-0.3, -0.25) is 14.4 Å². The largest absolute Gasteiger partial charge is 0.466 e. The molecule has 200 valence electrons. The number of hydrogen-bond acceptors (Lipinski definition) is 4.